The van der Waals surface area contributed by atoms with Crippen molar-refractivity contribution in [2.75, 3.05) is 6.61 Å². The lowest BCUT2D eigenvalue weighted by molar-refractivity contribution is 0.0117. The number of nitrogens with one attached hydrogen (secondary N) is 1. The standard InChI is InChI=1S/C11H12N2O5S/c1-4-5(10-12-13-11(19)18-10)2-7(17-4)9-8(15)6(14)3-16-9/h2,6,8-9,14-15H,3H2,1H3,(H,13,19)/t6-,8-,9?/m1/s1. The average molecular weight is 284 g/mol. The van der Waals surface area contributed by atoms with E-state index in [2.05, 4.69) is 10.2 Å². The third-order valence-corrected chi connectivity index (χ3v) is 3.21. The van der Waals surface area contributed by atoms with Gasteiger partial charge in [-0.1, -0.05) is 0 Å². The maximum Gasteiger partial charge on any atom is 0.284 e. The summed E-state index contributed by atoms with van der Waals surface area (Å²) in [7, 11) is 0. The van der Waals surface area contributed by atoms with Crippen molar-refractivity contribution in [1.29, 1.82) is 0 Å². The molecule has 1 aliphatic heterocycles. The highest BCUT2D eigenvalue weighted by atomic mass is 32.1. The summed E-state index contributed by atoms with van der Waals surface area (Å²) in [6, 6.07) is 1.66. The Kier molecular flexibility index (Phi) is 3.02. The summed E-state index contributed by atoms with van der Waals surface area (Å²) in [5.74, 6) is 1.30. The average Bonchev–Trinajstić information content (AvgIpc) is 3.02. The lowest BCUT2D eigenvalue weighted by Crippen LogP contribution is -2.24. The molecule has 19 heavy (non-hydrogen) atoms. The van der Waals surface area contributed by atoms with Crippen molar-refractivity contribution in [2.45, 2.75) is 25.2 Å². The van der Waals surface area contributed by atoms with Crippen molar-refractivity contribution in [3.63, 3.8) is 0 Å². The van der Waals surface area contributed by atoms with Crippen LogP contribution in [0.15, 0.2) is 14.9 Å². The van der Waals surface area contributed by atoms with Crippen LogP contribution in [0.5, 0.6) is 0 Å². The van der Waals surface area contributed by atoms with E-state index < -0.39 is 18.3 Å². The maximum atomic E-state index is 9.79. The predicted molar refractivity (Wildman–Crippen MR) is 64.8 cm³/mol. The predicted octanol–water partition coefficient (Wildman–Crippen LogP) is 1.09. The van der Waals surface area contributed by atoms with Crippen LogP contribution in [-0.4, -0.2) is 39.2 Å². The van der Waals surface area contributed by atoms with Crippen LogP contribution in [0.3, 0.4) is 0 Å². The summed E-state index contributed by atoms with van der Waals surface area (Å²) in [6.07, 6.45) is -2.61. The number of aromatic amines is 1. The molecule has 0 saturated carbocycles. The molecule has 1 saturated heterocycles. The van der Waals surface area contributed by atoms with Gasteiger partial charge in [0.25, 0.3) is 4.84 Å². The van der Waals surface area contributed by atoms with Gasteiger partial charge in [-0.25, -0.2) is 5.10 Å². The van der Waals surface area contributed by atoms with Crippen LogP contribution >= 0.6 is 12.2 Å². The molecule has 0 radical (unpaired) electrons. The van der Waals surface area contributed by atoms with Crippen LogP contribution in [-0.2, 0) is 4.74 Å². The molecule has 0 aliphatic carbocycles. The van der Waals surface area contributed by atoms with Gasteiger partial charge in [0.15, 0.2) is 0 Å². The number of furan rings is 1. The molecule has 7 nitrogen and oxygen atoms in total. The fourth-order valence-corrected chi connectivity index (χ4v) is 2.18. The quantitative estimate of drug-likeness (QED) is 0.709. The van der Waals surface area contributed by atoms with Crippen molar-refractivity contribution in [2.24, 2.45) is 0 Å². The third-order valence-electron chi connectivity index (χ3n) is 3.04. The summed E-state index contributed by atoms with van der Waals surface area (Å²) >= 11 is 4.81. The van der Waals surface area contributed by atoms with Crippen LogP contribution in [0.1, 0.15) is 17.6 Å². The highest BCUT2D eigenvalue weighted by Gasteiger charge is 2.38. The minimum atomic E-state index is -1.01. The zero-order valence-corrected chi connectivity index (χ0v) is 10.8. The van der Waals surface area contributed by atoms with Crippen LogP contribution < -0.4 is 0 Å². The molecule has 3 N–H and O–H groups in total. The fraction of sp³-hybridized carbons (Fsp3) is 0.455. The van der Waals surface area contributed by atoms with E-state index in [1.54, 1.807) is 13.0 Å². The van der Waals surface area contributed by atoms with Crippen molar-refractivity contribution in [1.82, 2.24) is 10.2 Å². The molecular weight excluding hydrogens is 272 g/mol. The fourth-order valence-electron chi connectivity index (χ4n) is 2.05. The number of aliphatic hydroxyl groups excluding tert-OH is 2. The molecular formula is C11H12N2O5S. The zero-order valence-electron chi connectivity index (χ0n) is 9.99. The van der Waals surface area contributed by atoms with Crippen molar-refractivity contribution in [3.05, 3.63) is 22.4 Å². The zero-order chi connectivity index (χ0) is 13.6. The topological polar surface area (TPSA) is 105 Å². The molecule has 1 aliphatic rings. The summed E-state index contributed by atoms with van der Waals surface area (Å²) in [5, 5.41) is 25.7. The summed E-state index contributed by atoms with van der Waals surface area (Å²) < 4.78 is 16.0. The lowest BCUT2D eigenvalue weighted by Gasteiger charge is -2.11. The molecule has 8 heteroatoms. The number of ether oxygens (including phenoxy) is 1. The van der Waals surface area contributed by atoms with E-state index in [1.807, 2.05) is 0 Å². The van der Waals surface area contributed by atoms with E-state index in [4.69, 9.17) is 25.8 Å². The maximum absolute atomic E-state index is 9.79. The van der Waals surface area contributed by atoms with E-state index in [1.165, 1.54) is 0 Å². The van der Waals surface area contributed by atoms with Crippen molar-refractivity contribution in [3.8, 4) is 11.5 Å². The number of H-pyrrole nitrogens is 1. The lowest BCUT2D eigenvalue weighted by atomic mass is 10.1. The summed E-state index contributed by atoms with van der Waals surface area (Å²) in [4.78, 5) is 0.171. The minimum Gasteiger partial charge on any atom is -0.463 e. The summed E-state index contributed by atoms with van der Waals surface area (Å²) in [5.41, 5.74) is 0.625. The number of nitrogens with zero attached hydrogens (tertiary/aromatic N) is 1. The molecule has 1 unspecified atom stereocenters. The molecule has 1 fully saturated rings. The minimum absolute atomic E-state index is 0.0734. The molecule has 3 rings (SSSR count). The number of aliphatic hydroxyl groups is 2. The van der Waals surface area contributed by atoms with Gasteiger partial charge < -0.3 is 23.8 Å². The number of aromatic nitrogens is 2. The van der Waals surface area contributed by atoms with Gasteiger partial charge in [-0.15, -0.1) is 5.10 Å². The second-order valence-corrected chi connectivity index (χ2v) is 4.72. The van der Waals surface area contributed by atoms with Crippen molar-refractivity contribution < 1.29 is 23.8 Å². The van der Waals surface area contributed by atoms with Gasteiger partial charge in [0.05, 0.1) is 12.2 Å². The first-order valence-corrected chi connectivity index (χ1v) is 6.11. The monoisotopic (exact) mass is 284 g/mol. The van der Waals surface area contributed by atoms with Gasteiger partial charge in [-0.3, -0.25) is 0 Å². The second kappa shape index (κ2) is 4.57. The van der Waals surface area contributed by atoms with Crippen molar-refractivity contribution >= 4 is 12.2 Å². The first kappa shape index (κ1) is 12.5. The Labute approximate surface area is 112 Å². The van der Waals surface area contributed by atoms with E-state index in [0.717, 1.165) is 0 Å². The van der Waals surface area contributed by atoms with Gasteiger partial charge in [0.1, 0.15) is 29.8 Å². The molecule has 2 aromatic heterocycles. The molecule has 2 aromatic rings. The molecule has 0 amide bonds. The van der Waals surface area contributed by atoms with Gasteiger partial charge in [-0.05, 0) is 25.2 Å². The number of hydrogen-bond acceptors (Lipinski definition) is 7. The molecule has 102 valence electrons. The van der Waals surface area contributed by atoms with Crippen LogP contribution in [0.2, 0.25) is 0 Å². The Morgan fingerprint density at radius 2 is 2.21 bits per heavy atom. The number of aryl methyl sites for hydroxylation is 1. The molecule has 3 heterocycles. The largest absolute Gasteiger partial charge is 0.463 e. The number of rotatable bonds is 2. The van der Waals surface area contributed by atoms with E-state index in [-0.39, 0.29) is 11.4 Å². The first-order chi connectivity index (χ1) is 9.06. The van der Waals surface area contributed by atoms with Gasteiger partial charge >= 0.3 is 0 Å². The highest BCUT2D eigenvalue weighted by Crippen LogP contribution is 2.34. The van der Waals surface area contributed by atoms with Gasteiger partial charge in [0, 0.05) is 0 Å². The summed E-state index contributed by atoms with van der Waals surface area (Å²) in [6.45, 7) is 1.81. The van der Waals surface area contributed by atoms with E-state index in [0.29, 0.717) is 23.0 Å². The Morgan fingerprint density at radius 1 is 1.42 bits per heavy atom. The third kappa shape index (κ3) is 2.12. The molecule has 0 aromatic carbocycles. The molecule has 0 bridgehead atoms. The van der Waals surface area contributed by atoms with Crippen LogP contribution in [0.4, 0.5) is 0 Å². The first-order valence-electron chi connectivity index (χ1n) is 5.70. The molecule has 3 atom stereocenters. The number of hydrogen-bond donors (Lipinski definition) is 3. The Balaban J connectivity index is 1.96. The van der Waals surface area contributed by atoms with E-state index in [9.17, 15) is 10.2 Å². The smallest absolute Gasteiger partial charge is 0.284 e. The van der Waals surface area contributed by atoms with E-state index >= 15 is 0 Å². The Hall–Kier alpha value is -1.48. The highest BCUT2D eigenvalue weighted by molar-refractivity contribution is 7.71. The Morgan fingerprint density at radius 3 is 2.79 bits per heavy atom. The van der Waals surface area contributed by atoms with Gasteiger partial charge in [-0.2, -0.15) is 0 Å². The Bertz CT molecular complexity index is 646. The van der Waals surface area contributed by atoms with Crippen LogP contribution in [0, 0.1) is 11.8 Å². The van der Waals surface area contributed by atoms with Gasteiger partial charge in [0.2, 0.25) is 5.89 Å². The normalized spacial score (nSPS) is 27.0. The second-order valence-electron chi connectivity index (χ2n) is 4.35. The van der Waals surface area contributed by atoms with Crippen LogP contribution in [0.25, 0.3) is 11.5 Å². The SMILES string of the molecule is Cc1oc(C2OC[C@@H](O)[C@H]2O)cc1-c1n[nH]c(=S)o1. The molecule has 0 spiro atoms.